The van der Waals surface area contributed by atoms with Crippen molar-refractivity contribution < 1.29 is 68.2 Å². The number of halogens is 2. The molecule has 0 N–H and O–H groups in total. The van der Waals surface area contributed by atoms with Crippen molar-refractivity contribution in [2.45, 2.75) is 0 Å². The molecule has 380 valence electrons. The quantitative estimate of drug-likeness (QED) is 0.130. The first-order valence-electron chi connectivity index (χ1n) is 25.7. The first-order valence-corrected chi connectivity index (χ1v) is 25.7. The molecule has 4 heterocycles. The van der Waals surface area contributed by atoms with Gasteiger partial charge in [0.1, 0.15) is 0 Å². The van der Waals surface area contributed by atoms with Crippen LogP contribution in [0.25, 0.3) is 132 Å². The first-order chi connectivity index (χ1) is 37.6. The molecular weight excluding hydrogens is 1090 g/mol. The predicted octanol–water partition coefficient (Wildman–Crippen LogP) is 13.1. The third kappa shape index (κ3) is 12.3. The van der Waals surface area contributed by atoms with E-state index in [1.807, 2.05) is 48.5 Å². The van der Waals surface area contributed by atoms with Gasteiger partial charge in [-0.2, -0.15) is 0 Å². The molecule has 0 saturated carbocycles. The van der Waals surface area contributed by atoms with Gasteiger partial charge in [0.25, 0.3) is 0 Å². The number of para-hydroxylation sites is 4. The fourth-order valence-corrected chi connectivity index (χ4v) is 10.1. The monoisotopic (exact) mass is 1130 g/mol. The molecule has 16 aromatic rings. The second-order valence-electron chi connectivity index (χ2n) is 19.0. The molecule has 0 amide bonds. The van der Waals surface area contributed by atoms with Gasteiger partial charge in [-0.15, -0.1) is 138 Å². The fourth-order valence-electron chi connectivity index (χ4n) is 10.1. The Balaban J connectivity index is 0.000000127. The molecule has 0 aliphatic carbocycles. The zero-order valence-corrected chi connectivity index (χ0v) is 47.9. The number of nitrogens with zero attached hydrogens (tertiary/aromatic N) is 4. The summed E-state index contributed by atoms with van der Waals surface area (Å²) in [6.07, 6.45) is 0. The van der Waals surface area contributed by atoms with E-state index in [0.717, 1.165) is 44.8 Å². The Bertz CT molecular complexity index is 3980. The van der Waals surface area contributed by atoms with Crippen molar-refractivity contribution in [2.24, 2.45) is 0 Å². The standard InChI is InChI=1S/4C18H12N.2ClH.2Ti/c4*1-2-7-15-12-16(11-14(15)6-1)18-10-9-13-5-3-4-8-17(13)19-18;;;;/h4*1-12H;2*1H;;/q4*-1;;;2*+2/p-2. The number of hydrogen-bond acceptors (Lipinski definition) is 4. The molecule has 16 rings (SSSR count). The van der Waals surface area contributed by atoms with Gasteiger partial charge in [0.05, 0.1) is 22.1 Å². The summed E-state index contributed by atoms with van der Waals surface area (Å²) in [5.41, 5.74) is 13.1. The summed E-state index contributed by atoms with van der Waals surface area (Å²) in [5, 5.41) is 14.9. The van der Waals surface area contributed by atoms with Crippen LogP contribution in [0.1, 0.15) is 0 Å². The van der Waals surface area contributed by atoms with Crippen LogP contribution in [-0.2, 0) is 43.4 Å². The van der Waals surface area contributed by atoms with E-state index in [-0.39, 0.29) is 68.2 Å². The van der Waals surface area contributed by atoms with Crippen LogP contribution in [0, 0.1) is 0 Å². The fraction of sp³-hybridized carbons (Fsp3) is 0. The van der Waals surface area contributed by atoms with E-state index >= 15 is 0 Å². The Morgan fingerprint density at radius 2 is 0.388 bits per heavy atom. The number of rotatable bonds is 4. The maximum atomic E-state index is 4.74. The number of pyridine rings is 4. The SMILES string of the molecule is [Cl-].[Cl-].[Ti+2].[Ti+2].c1ccc2[cH-]c(-c3ccc4ccccc4n3)cc2c1.c1ccc2[cH-]c(-c3ccc4ccccc4n3)cc2c1.c1ccc2[cH-]c(-c3ccc4ccccc4n3)cc2c1.c1ccc2[cH-]c(-c3ccc4ccccc4n3)cc2c1. The molecule has 4 aromatic heterocycles. The van der Waals surface area contributed by atoms with Gasteiger partial charge in [-0.25, -0.2) is 0 Å². The Morgan fingerprint density at radius 3 is 0.600 bits per heavy atom. The van der Waals surface area contributed by atoms with Crippen molar-refractivity contribution in [3.05, 3.63) is 291 Å². The van der Waals surface area contributed by atoms with Gasteiger partial charge >= 0.3 is 43.4 Å². The molecule has 80 heavy (non-hydrogen) atoms. The average Bonchev–Trinajstić information content (AvgIpc) is 4.33. The molecular formula is C72H48Cl2N4Ti2-2. The zero-order valence-electron chi connectivity index (χ0n) is 43.3. The normalized spacial score (nSPS) is 10.6. The summed E-state index contributed by atoms with van der Waals surface area (Å²) in [7, 11) is 0. The minimum absolute atomic E-state index is 0. The molecule has 0 radical (unpaired) electrons. The number of benzene rings is 8. The van der Waals surface area contributed by atoms with Gasteiger partial charge < -0.3 is 24.8 Å². The van der Waals surface area contributed by atoms with Gasteiger partial charge in [0.15, 0.2) is 0 Å². The van der Waals surface area contributed by atoms with Crippen molar-refractivity contribution in [2.75, 3.05) is 0 Å². The third-order valence-electron chi connectivity index (χ3n) is 14.0. The van der Waals surface area contributed by atoms with Gasteiger partial charge in [-0.3, -0.25) is 19.9 Å². The number of hydrogen-bond donors (Lipinski definition) is 0. The van der Waals surface area contributed by atoms with Crippen LogP contribution in [0.4, 0.5) is 0 Å². The van der Waals surface area contributed by atoms with Gasteiger partial charge in [0.2, 0.25) is 0 Å². The van der Waals surface area contributed by atoms with E-state index in [2.05, 4.69) is 243 Å². The first kappa shape index (κ1) is 56.6. The minimum Gasteiger partial charge on any atom is -1.00 e. The van der Waals surface area contributed by atoms with Gasteiger partial charge in [-0.05, 0) is 45.8 Å². The molecule has 0 spiro atoms. The second kappa shape index (κ2) is 25.8. The topological polar surface area (TPSA) is 51.6 Å². The van der Waals surface area contributed by atoms with E-state index in [0.29, 0.717) is 0 Å². The van der Waals surface area contributed by atoms with Crippen molar-refractivity contribution in [1.29, 1.82) is 0 Å². The number of fused-ring (bicyclic) bond motifs is 8. The van der Waals surface area contributed by atoms with E-state index in [1.54, 1.807) is 0 Å². The summed E-state index contributed by atoms with van der Waals surface area (Å²) in [6.45, 7) is 0. The van der Waals surface area contributed by atoms with Gasteiger partial charge in [0, 0.05) is 22.8 Å². The smallest absolute Gasteiger partial charge is 1.00 e. The van der Waals surface area contributed by atoms with E-state index < -0.39 is 0 Å². The van der Waals surface area contributed by atoms with Crippen molar-refractivity contribution in [1.82, 2.24) is 19.9 Å². The van der Waals surface area contributed by atoms with Crippen LogP contribution in [0.5, 0.6) is 0 Å². The second-order valence-corrected chi connectivity index (χ2v) is 19.0. The Morgan fingerprint density at radius 1 is 0.200 bits per heavy atom. The largest absolute Gasteiger partial charge is 2.00 e. The van der Waals surface area contributed by atoms with Crippen LogP contribution < -0.4 is 24.8 Å². The predicted molar refractivity (Wildman–Crippen MR) is 321 cm³/mol. The Labute approximate surface area is 506 Å². The molecule has 0 aliphatic rings. The summed E-state index contributed by atoms with van der Waals surface area (Å²) < 4.78 is 0. The van der Waals surface area contributed by atoms with Crippen molar-refractivity contribution in [3.8, 4) is 45.0 Å². The Kier molecular flexibility index (Phi) is 18.2. The van der Waals surface area contributed by atoms with E-state index in [9.17, 15) is 0 Å². The summed E-state index contributed by atoms with van der Waals surface area (Å²) in [6, 6.07) is 101. The van der Waals surface area contributed by atoms with E-state index in [4.69, 9.17) is 19.9 Å². The average molecular weight is 1140 g/mol. The number of aromatic nitrogens is 4. The van der Waals surface area contributed by atoms with E-state index in [1.165, 1.54) is 86.9 Å². The molecule has 8 heteroatoms. The van der Waals surface area contributed by atoms with Crippen LogP contribution >= 0.6 is 0 Å². The maximum Gasteiger partial charge on any atom is 2.00 e. The Hall–Kier alpha value is -8.15. The molecule has 0 atom stereocenters. The molecule has 4 nitrogen and oxygen atoms in total. The van der Waals surface area contributed by atoms with Crippen molar-refractivity contribution in [3.63, 3.8) is 0 Å². The summed E-state index contributed by atoms with van der Waals surface area (Å²) in [5.74, 6) is 0. The minimum atomic E-state index is 0. The molecule has 12 aromatic carbocycles. The summed E-state index contributed by atoms with van der Waals surface area (Å²) >= 11 is 0. The zero-order chi connectivity index (χ0) is 50.6. The van der Waals surface area contributed by atoms with Crippen LogP contribution in [0.15, 0.2) is 291 Å². The van der Waals surface area contributed by atoms with Crippen molar-refractivity contribution >= 4 is 86.7 Å². The molecule has 0 unspecified atom stereocenters. The van der Waals surface area contributed by atoms with Crippen LogP contribution in [0.3, 0.4) is 0 Å². The third-order valence-corrected chi connectivity index (χ3v) is 14.0. The maximum absolute atomic E-state index is 4.74. The van der Waals surface area contributed by atoms with Crippen LogP contribution in [-0.4, -0.2) is 19.9 Å². The molecule has 0 aliphatic heterocycles. The molecule has 0 saturated heterocycles. The molecule has 0 bridgehead atoms. The molecule has 0 fully saturated rings. The van der Waals surface area contributed by atoms with Gasteiger partial charge in [-0.1, -0.05) is 194 Å². The van der Waals surface area contributed by atoms with Crippen LogP contribution in [0.2, 0.25) is 0 Å². The summed E-state index contributed by atoms with van der Waals surface area (Å²) in [4.78, 5) is 19.0.